The van der Waals surface area contributed by atoms with Gasteiger partial charge < -0.3 is 5.32 Å². The second-order valence-corrected chi connectivity index (χ2v) is 4.99. The van der Waals surface area contributed by atoms with E-state index in [4.69, 9.17) is 11.6 Å². The molecule has 0 aliphatic rings. The fourth-order valence-corrected chi connectivity index (χ4v) is 2.25. The highest BCUT2D eigenvalue weighted by Crippen LogP contribution is 2.17. The Hall–Kier alpha value is -1.33. The third kappa shape index (κ3) is 2.73. The van der Waals surface area contributed by atoms with E-state index in [1.807, 2.05) is 7.05 Å². The van der Waals surface area contributed by atoms with Gasteiger partial charge in [-0.05, 0) is 28.1 Å². The lowest BCUT2D eigenvalue weighted by Gasteiger charge is -2.07. The van der Waals surface area contributed by atoms with Gasteiger partial charge in [-0.2, -0.15) is 5.10 Å². The van der Waals surface area contributed by atoms with Crippen molar-refractivity contribution in [2.24, 2.45) is 7.05 Å². The van der Waals surface area contributed by atoms with Crippen molar-refractivity contribution in [3.05, 3.63) is 51.2 Å². The zero-order valence-corrected chi connectivity index (χ0v) is 12.0. The Kier molecular flexibility index (Phi) is 4.04. The van der Waals surface area contributed by atoms with Gasteiger partial charge >= 0.3 is 0 Å². The van der Waals surface area contributed by atoms with Gasteiger partial charge in [-0.15, -0.1) is 0 Å². The molecule has 0 saturated carbocycles. The smallest absolute Gasteiger partial charge is 0.253 e. The fraction of sp³-hybridized carbons (Fsp3) is 0.167. The van der Waals surface area contributed by atoms with Gasteiger partial charge in [-0.1, -0.05) is 23.7 Å². The Morgan fingerprint density at radius 3 is 2.83 bits per heavy atom. The number of nitrogens with zero attached hydrogens (tertiary/aromatic N) is 2. The summed E-state index contributed by atoms with van der Waals surface area (Å²) in [5, 5.41) is 7.33. The van der Waals surface area contributed by atoms with Crippen LogP contribution in [0.2, 0.25) is 5.02 Å². The van der Waals surface area contributed by atoms with Crippen molar-refractivity contribution in [1.29, 1.82) is 0 Å². The number of hydrogen-bond acceptors (Lipinski definition) is 2. The molecule has 1 heterocycles. The van der Waals surface area contributed by atoms with Crippen molar-refractivity contribution in [2.75, 3.05) is 0 Å². The van der Waals surface area contributed by atoms with Crippen LogP contribution in [0.4, 0.5) is 0 Å². The third-order valence-corrected chi connectivity index (χ3v) is 3.54. The van der Waals surface area contributed by atoms with E-state index in [0.29, 0.717) is 17.1 Å². The third-order valence-electron chi connectivity index (χ3n) is 2.55. The minimum atomic E-state index is -0.200. The molecule has 0 fully saturated rings. The molecule has 0 aliphatic carbocycles. The highest BCUT2D eigenvalue weighted by molar-refractivity contribution is 9.10. The minimum Gasteiger partial charge on any atom is -0.346 e. The highest BCUT2D eigenvalue weighted by Gasteiger charge is 2.11. The molecule has 18 heavy (non-hydrogen) atoms. The van der Waals surface area contributed by atoms with Crippen LogP contribution >= 0.6 is 27.5 Å². The predicted octanol–water partition coefficient (Wildman–Crippen LogP) is 2.77. The second-order valence-electron chi connectivity index (χ2n) is 3.73. The molecule has 0 aliphatic heterocycles. The Labute approximate surface area is 118 Å². The number of amides is 1. The number of aryl methyl sites for hydroxylation is 1. The molecular formula is C12H11BrClN3O. The number of hydrogen-bond donors (Lipinski definition) is 1. The van der Waals surface area contributed by atoms with Crippen LogP contribution in [0.1, 0.15) is 16.1 Å². The van der Waals surface area contributed by atoms with Crippen molar-refractivity contribution in [2.45, 2.75) is 6.54 Å². The Morgan fingerprint density at radius 1 is 1.50 bits per heavy atom. The molecule has 2 rings (SSSR count). The zero-order valence-electron chi connectivity index (χ0n) is 9.65. The SMILES string of the molecule is Cn1ncc(Br)c1CNC(=O)c1ccccc1Cl. The van der Waals surface area contributed by atoms with E-state index in [1.165, 1.54) is 0 Å². The number of carbonyl (C=O) groups is 1. The molecule has 0 saturated heterocycles. The average Bonchev–Trinajstić information content (AvgIpc) is 2.67. The largest absolute Gasteiger partial charge is 0.346 e. The highest BCUT2D eigenvalue weighted by atomic mass is 79.9. The van der Waals surface area contributed by atoms with Crippen LogP contribution in [0, 0.1) is 0 Å². The number of rotatable bonds is 3. The average molecular weight is 329 g/mol. The van der Waals surface area contributed by atoms with E-state index in [9.17, 15) is 4.79 Å². The van der Waals surface area contributed by atoms with Gasteiger partial charge in [-0.3, -0.25) is 9.48 Å². The molecule has 0 atom stereocenters. The van der Waals surface area contributed by atoms with Crippen LogP contribution in [0.3, 0.4) is 0 Å². The quantitative estimate of drug-likeness (QED) is 0.942. The van der Waals surface area contributed by atoms with Crippen LogP contribution in [0.25, 0.3) is 0 Å². The fourth-order valence-electron chi connectivity index (χ4n) is 1.54. The molecule has 0 spiro atoms. The summed E-state index contributed by atoms with van der Waals surface area (Å²) in [5.41, 5.74) is 1.37. The summed E-state index contributed by atoms with van der Waals surface area (Å²) in [6, 6.07) is 6.95. The van der Waals surface area contributed by atoms with Crippen LogP contribution in [-0.2, 0) is 13.6 Å². The van der Waals surface area contributed by atoms with Gasteiger partial charge in [-0.25, -0.2) is 0 Å². The summed E-state index contributed by atoms with van der Waals surface area (Å²) in [6.07, 6.45) is 1.69. The van der Waals surface area contributed by atoms with Gasteiger partial charge in [0, 0.05) is 7.05 Å². The first-order chi connectivity index (χ1) is 8.59. The normalized spacial score (nSPS) is 10.4. The number of carbonyl (C=O) groups excluding carboxylic acids is 1. The predicted molar refractivity (Wildman–Crippen MR) is 73.5 cm³/mol. The lowest BCUT2D eigenvalue weighted by molar-refractivity contribution is 0.0950. The number of benzene rings is 1. The first-order valence-electron chi connectivity index (χ1n) is 5.28. The first-order valence-corrected chi connectivity index (χ1v) is 6.46. The lowest BCUT2D eigenvalue weighted by Crippen LogP contribution is -2.24. The molecular weight excluding hydrogens is 318 g/mol. The molecule has 0 bridgehead atoms. The lowest BCUT2D eigenvalue weighted by atomic mass is 10.2. The number of aromatic nitrogens is 2. The van der Waals surface area contributed by atoms with Crippen LogP contribution in [0.5, 0.6) is 0 Å². The summed E-state index contributed by atoms with van der Waals surface area (Å²) in [6.45, 7) is 0.390. The molecule has 0 unspecified atom stereocenters. The van der Waals surface area contributed by atoms with Crippen LogP contribution in [0.15, 0.2) is 34.9 Å². The van der Waals surface area contributed by atoms with E-state index in [0.717, 1.165) is 10.2 Å². The molecule has 4 nitrogen and oxygen atoms in total. The van der Waals surface area contributed by atoms with Crippen molar-refractivity contribution in [3.63, 3.8) is 0 Å². The van der Waals surface area contributed by atoms with E-state index >= 15 is 0 Å². The van der Waals surface area contributed by atoms with E-state index in [2.05, 4.69) is 26.3 Å². The Balaban J connectivity index is 2.08. The van der Waals surface area contributed by atoms with Crippen molar-refractivity contribution >= 4 is 33.4 Å². The molecule has 2 aromatic rings. The summed E-state index contributed by atoms with van der Waals surface area (Å²) in [7, 11) is 1.82. The van der Waals surface area contributed by atoms with Gasteiger partial charge in [0.1, 0.15) is 0 Å². The minimum absolute atomic E-state index is 0.200. The van der Waals surface area contributed by atoms with Crippen molar-refractivity contribution in [1.82, 2.24) is 15.1 Å². The maximum Gasteiger partial charge on any atom is 0.253 e. The first kappa shape index (κ1) is 13.1. The molecule has 0 radical (unpaired) electrons. The summed E-state index contributed by atoms with van der Waals surface area (Å²) in [4.78, 5) is 11.9. The zero-order chi connectivity index (χ0) is 13.1. The summed E-state index contributed by atoms with van der Waals surface area (Å²) >= 11 is 9.33. The van der Waals surface area contributed by atoms with E-state index < -0.39 is 0 Å². The molecule has 6 heteroatoms. The molecule has 1 aromatic heterocycles. The summed E-state index contributed by atoms with van der Waals surface area (Å²) in [5.74, 6) is -0.200. The molecule has 1 aromatic carbocycles. The van der Waals surface area contributed by atoms with E-state index in [1.54, 1.807) is 35.1 Å². The molecule has 1 amide bonds. The van der Waals surface area contributed by atoms with Gasteiger partial charge in [0.15, 0.2) is 0 Å². The van der Waals surface area contributed by atoms with Gasteiger partial charge in [0.05, 0.1) is 33.5 Å². The Morgan fingerprint density at radius 2 is 2.22 bits per heavy atom. The standard InChI is InChI=1S/C12H11BrClN3O/c1-17-11(9(13)6-16-17)7-15-12(18)8-4-2-3-5-10(8)14/h2-6H,7H2,1H3,(H,15,18). The molecule has 94 valence electrons. The number of nitrogens with one attached hydrogen (secondary N) is 1. The van der Waals surface area contributed by atoms with Gasteiger partial charge in [0.2, 0.25) is 0 Å². The Bertz CT molecular complexity index is 563. The maximum atomic E-state index is 11.9. The van der Waals surface area contributed by atoms with Gasteiger partial charge in [0.25, 0.3) is 5.91 Å². The second kappa shape index (κ2) is 5.54. The summed E-state index contributed by atoms with van der Waals surface area (Å²) < 4.78 is 2.57. The van der Waals surface area contributed by atoms with Crippen LogP contribution < -0.4 is 5.32 Å². The van der Waals surface area contributed by atoms with Crippen molar-refractivity contribution in [3.8, 4) is 0 Å². The number of halogens is 2. The molecule has 1 N–H and O–H groups in total. The maximum absolute atomic E-state index is 11.9. The van der Waals surface area contributed by atoms with Crippen LogP contribution in [-0.4, -0.2) is 15.7 Å². The topological polar surface area (TPSA) is 46.9 Å². The van der Waals surface area contributed by atoms with E-state index in [-0.39, 0.29) is 5.91 Å². The monoisotopic (exact) mass is 327 g/mol. The van der Waals surface area contributed by atoms with Crippen molar-refractivity contribution < 1.29 is 4.79 Å².